The largest absolute Gasteiger partial charge is 0.459 e. The maximum absolute atomic E-state index is 18.7. The lowest BCUT2D eigenvalue weighted by molar-refractivity contribution is -0.257. The van der Waals surface area contributed by atoms with Gasteiger partial charge in [0.05, 0.1) is 16.7 Å². The lowest BCUT2D eigenvalue weighted by atomic mass is 9.64. The van der Waals surface area contributed by atoms with Crippen molar-refractivity contribution in [1.29, 1.82) is 0 Å². The van der Waals surface area contributed by atoms with Gasteiger partial charge in [-0.2, -0.15) is 15.2 Å². The zero-order valence-corrected chi connectivity index (χ0v) is 48.8. The van der Waals surface area contributed by atoms with E-state index < -0.39 is 138 Å². The zero-order chi connectivity index (χ0) is 57.0. The van der Waals surface area contributed by atoms with Gasteiger partial charge in [0.25, 0.3) is 0 Å². The van der Waals surface area contributed by atoms with Gasteiger partial charge in [-0.1, -0.05) is 27.7 Å². The Labute approximate surface area is 445 Å². The molecule has 0 radical (unpaired) electrons. The minimum absolute atomic E-state index is 0.0503. The summed E-state index contributed by atoms with van der Waals surface area (Å²) in [5, 5.41) is 40.7. The van der Waals surface area contributed by atoms with Crippen molar-refractivity contribution in [2.45, 2.75) is 284 Å². The SMILES string of the molecule is CC1(C)CC(OC(=O)c2c(F)c(C(=O)OC3CC(C)(C)N(O)C(C)(C)C3)c(C(=O)OC3CC(C)(C)NC(C)(C)C3)c(C(=O)OC3CC(C)(C)N(O)C(C)(C)C3)c2C(=O)OC2CC(C)(C)N(O)C(C)(C)C2)CC(C)(C)C1. The molecular weight excluding hydrogens is 968 g/mol. The average Bonchev–Trinajstić information content (AvgIpc) is 3.17. The molecule has 1 saturated carbocycles. The second-order valence-electron chi connectivity index (χ2n) is 29.6. The molecule has 6 rings (SSSR count). The second kappa shape index (κ2) is 19.8. The number of halogens is 1. The average molecular weight is 1060 g/mol. The van der Waals surface area contributed by atoms with Crippen LogP contribution in [0.3, 0.4) is 0 Å². The molecule has 0 aromatic heterocycles. The van der Waals surface area contributed by atoms with Crippen LogP contribution >= 0.6 is 0 Å². The summed E-state index contributed by atoms with van der Waals surface area (Å²) in [7, 11) is 0. The van der Waals surface area contributed by atoms with Gasteiger partial charge in [0.1, 0.15) is 41.6 Å². The van der Waals surface area contributed by atoms with E-state index in [0.717, 1.165) is 6.42 Å². The van der Waals surface area contributed by atoms with Crippen molar-refractivity contribution in [3.8, 4) is 0 Å². The third kappa shape index (κ3) is 13.1. The predicted octanol–water partition coefficient (Wildman–Crippen LogP) is 10.8. The maximum Gasteiger partial charge on any atom is 0.342 e. The molecule has 0 amide bonds. The molecule has 5 aliphatic rings. The molecule has 5 fully saturated rings. The van der Waals surface area contributed by atoms with Gasteiger partial charge in [-0.25, -0.2) is 28.4 Å². The number of benzene rings is 1. The van der Waals surface area contributed by atoms with Crippen LogP contribution in [0, 0.1) is 16.6 Å². The van der Waals surface area contributed by atoms with Crippen molar-refractivity contribution in [1.82, 2.24) is 20.5 Å². The summed E-state index contributed by atoms with van der Waals surface area (Å²) in [5.41, 5.74) is -13.0. The van der Waals surface area contributed by atoms with E-state index in [2.05, 4.69) is 5.32 Å². The molecule has 0 unspecified atom stereocenters. The monoisotopic (exact) mass is 1060 g/mol. The van der Waals surface area contributed by atoms with Crippen LogP contribution in [0.2, 0.25) is 0 Å². The smallest absolute Gasteiger partial charge is 0.342 e. The number of carbonyl (C=O) groups excluding carboxylic acids is 5. The molecule has 1 aliphatic carbocycles. The minimum atomic E-state index is -1.67. The summed E-state index contributed by atoms with van der Waals surface area (Å²) in [6, 6.07) is 0. The van der Waals surface area contributed by atoms with Crippen molar-refractivity contribution < 1.29 is 67.7 Å². The summed E-state index contributed by atoms with van der Waals surface area (Å²) in [6.45, 7) is 36.8. The van der Waals surface area contributed by atoms with Gasteiger partial charge in [0, 0.05) is 95.7 Å². The van der Waals surface area contributed by atoms with E-state index in [9.17, 15) is 15.6 Å². The molecule has 75 heavy (non-hydrogen) atoms. The summed E-state index contributed by atoms with van der Waals surface area (Å²) < 4.78 is 50.1. The molecule has 0 bridgehead atoms. The number of nitrogens with one attached hydrogen (secondary N) is 1. The van der Waals surface area contributed by atoms with Gasteiger partial charge in [-0.05, 0) is 141 Å². The van der Waals surface area contributed by atoms with Crippen molar-refractivity contribution in [3.05, 3.63) is 33.6 Å². The summed E-state index contributed by atoms with van der Waals surface area (Å²) in [4.78, 5) is 77.4. The van der Waals surface area contributed by atoms with Gasteiger partial charge in [0.2, 0.25) is 0 Å². The molecule has 4 saturated heterocycles. The summed E-state index contributed by atoms with van der Waals surface area (Å²) >= 11 is 0. The topological polar surface area (TPSA) is 214 Å². The van der Waals surface area contributed by atoms with Crippen LogP contribution in [0.15, 0.2) is 0 Å². The van der Waals surface area contributed by atoms with Crippen molar-refractivity contribution in [2.24, 2.45) is 10.8 Å². The Hall–Kier alpha value is -3.78. The van der Waals surface area contributed by atoms with Crippen molar-refractivity contribution >= 4 is 29.8 Å². The predicted molar refractivity (Wildman–Crippen MR) is 277 cm³/mol. The Morgan fingerprint density at radius 2 is 0.573 bits per heavy atom. The van der Waals surface area contributed by atoms with Crippen molar-refractivity contribution in [2.75, 3.05) is 0 Å². The quantitative estimate of drug-likeness (QED) is 0.127. The minimum Gasteiger partial charge on any atom is -0.459 e. The van der Waals surface area contributed by atoms with Crippen LogP contribution in [0.5, 0.6) is 0 Å². The van der Waals surface area contributed by atoms with E-state index in [1.165, 1.54) is 15.2 Å². The number of piperidine rings is 4. The third-order valence-electron chi connectivity index (χ3n) is 16.3. The first-order chi connectivity index (χ1) is 33.7. The normalized spacial score (nSPS) is 26.7. The highest BCUT2D eigenvalue weighted by Crippen LogP contribution is 2.48. The van der Waals surface area contributed by atoms with E-state index in [1.807, 2.05) is 55.4 Å². The van der Waals surface area contributed by atoms with Gasteiger partial charge in [0.15, 0.2) is 5.82 Å². The molecule has 0 atom stereocenters. The second-order valence-corrected chi connectivity index (χ2v) is 29.6. The molecule has 18 heteroatoms. The zero-order valence-electron chi connectivity index (χ0n) is 48.8. The number of hydroxylamine groups is 6. The molecule has 424 valence electrons. The fourth-order valence-corrected chi connectivity index (χ4v) is 14.7. The molecule has 4 N–H and O–H groups in total. The highest BCUT2D eigenvalue weighted by atomic mass is 19.1. The number of nitrogens with zero attached hydrogens (tertiary/aromatic N) is 3. The fourth-order valence-electron chi connectivity index (χ4n) is 14.7. The number of ether oxygens (including phenoxy) is 5. The Kier molecular flexibility index (Phi) is 16.0. The van der Waals surface area contributed by atoms with Crippen LogP contribution < -0.4 is 5.32 Å². The van der Waals surface area contributed by atoms with E-state index in [4.69, 9.17) is 23.7 Å². The van der Waals surface area contributed by atoms with Gasteiger partial charge in [-0.15, -0.1) is 0 Å². The Morgan fingerprint density at radius 3 is 0.827 bits per heavy atom. The maximum atomic E-state index is 18.7. The fraction of sp³-hybridized carbons (Fsp3) is 0.807. The third-order valence-corrected chi connectivity index (χ3v) is 16.3. The van der Waals surface area contributed by atoms with E-state index >= 15 is 28.4 Å². The number of esters is 5. The Balaban J connectivity index is 1.67. The molecule has 1 aromatic carbocycles. The first-order valence-corrected chi connectivity index (χ1v) is 26.9. The van der Waals surface area contributed by atoms with E-state index in [1.54, 1.807) is 83.1 Å². The first kappa shape index (κ1) is 60.4. The van der Waals surface area contributed by atoms with Gasteiger partial charge in [-0.3, -0.25) is 0 Å². The molecular formula is C57H91FN4O13. The molecule has 4 heterocycles. The van der Waals surface area contributed by atoms with Gasteiger partial charge >= 0.3 is 29.8 Å². The van der Waals surface area contributed by atoms with Crippen LogP contribution in [0.25, 0.3) is 0 Å². The van der Waals surface area contributed by atoms with Crippen LogP contribution in [-0.4, -0.2) is 135 Å². The number of hydrogen-bond acceptors (Lipinski definition) is 17. The van der Waals surface area contributed by atoms with Crippen molar-refractivity contribution in [3.63, 3.8) is 0 Å². The highest BCUT2D eigenvalue weighted by Gasteiger charge is 2.53. The van der Waals surface area contributed by atoms with Gasteiger partial charge < -0.3 is 44.6 Å². The summed E-state index contributed by atoms with van der Waals surface area (Å²) in [5.74, 6) is -8.61. The number of carbonyl (C=O) groups is 5. The highest BCUT2D eigenvalue weighted by molar-refractivity contribution is 6.19. The Morgan fingerprint density at radius 1 is 0.373 bits per heavy atom. The molecule has 1 aromatic rings. The summed E-state index contributed by atoms with van der Waals surface area (Å²) in [6.07, 6.45) is -2.41. The first-order valence-electron chi connectivity index (χ1n) is 26.9. The lowest BCUT2D eigenvalue weighted by Gasteiger charge is -2.51. The standard InChI is InChI=1S/C57H91FN4O13/c1-48(2)21-32(22-49(3,4)31-48)71-46(66)40-39(45(65)74-35-27-54(13,14)61(69)55(15,16)28-35)37(43(63)73-34-25-52(9,10)60(68)53(11,12)26-34)38(44(64)72-33-23-50(5,6)59-51(7,8)24-33)41(42(40)58)47(67)75-36-29-56(17,18)62(70)57(19,20)30-36/h32-36,59,68-70H,21-31H2,1-20H3. The number of rotatable bonds is 10. The number of hydrogen-bond donors (Lipinski definition) is 4. The molecule has 0 spiro atoms. The lowest BCUT2D eigenvalue weighted by Crippen LogP contribution is -2.61. The van der Waals surface area contributed by atoms with Crippen LogP contribution in [0.4, 0.5) is 4.39 Å². The van der Waals surface area contributed by atoms with Crippen LogP contribution in [0.1, 0.15) is 261 Å². The molecule has 17 nitrogen and oxygen atoms in total. The van der Waals surface area contributed by atoms with E-state index in [-0.39, 0.29) is 62.2 Å². The van der Waals surface area contributed by atoms with Crippen LogP contribution in [-0.2, 0) is 23.7 Å². The Bertz CT molecular complexity index is 2340. The molecule has 4 aliphatic heterocycles. The van der Waals surface area contributed by atoms with E-state index in [0.29, 0.717) is 12.8 Å².